The number of hydrogen-bond donors (Lipinski definition) is 2. The summed E-state index contributed by atoms with van der Waals surface area (Å²) in [6.45, 7) is 1.17. The number of carboxylic acids is 1. The summed E-state index contributed by atoms with van der Waals surface area (Å²) in [7, 11) is 0. The number of rotatable bonds is 8. The van der Waals surface area contributed by atoms with Gasteiger partial charge in [-0.15, -0.1) is 0 Å². The number of carbonyl (C=O) groups excluding carboxylic acids is 2. The fourth-order valence-electron chi connectivity index (χ4n) is 1.80. The van der Waals surface area contributed by atoms with Crippen LogP contribution in [-0.2, 0) is 20.9 Å². The van der Waals surface area contributed by atoms with Gasteiger partial charge in [0.1, 0.15) is 6.54 Å². The van der Waals surface area contributed by atoms with E-state index in [0.29, 0.717) is 13.0 Å². The summed E-state index contributed by atoms with van der Waals surface area (Å²) in [5.41, 5.74) is 5.80. The number of amides is 2. The van der Waals surface area contributed by atoms with E-state index in [4.69, 9.17) is 10.8 Å². The predicted octanol–water partition coefficient (Wildman–Crippen LogP) is -0.603. The molecule has 0 aliphatic carbocycles. The lowest BCUT2D eigenvalue weighted by molar-refractivity contribution is -0.145. The van der Waals surface area contributed by atoms with Crippen LogP contribution in [0.15, 0.2) is 10.2 Å². The Labute approximate surface area is 124 Å². The minimum absolute atomic E-state index is 0.0439. The smallest absolute Gasteiger partial charge is 0.323 e. The van der Waals surface area contributed by atoms with Crippen LogP contribution in [0.4, 0.5) is 0 Å². The summed E-state index contributed by atoms with van der Waals surface area (Å²) in [5.74, 6) is -2.46. The van der Waals surface area contributed by atoms with Gasteiger partial charge in [0.25, 0.3) is 0 Å². The molecule has 1 heterocycles. The number of nitrogens with zero attached hydrogens (tertiary/aromatic N) is 2. The van der Waals surface area contributed by atoms with E-state index in [1.807, 2.05) is 0 Å². The normalized spacial score (nSPS) is 10.3. The molecule has 1 aromatic heterocycles. The second kappa shape index (κ2) is 7.58. The van der Waals surface area contributed by atoms with Crippen LogP contribution >= 0.6 is 11.3 Å². The number of carboxylic acid groups (broad SMARTS) is 1. The van der Waals surface area contributed by atoms with Gasteiger partial charge in [-0.05, 0) is 13.3 Å². The van der Waals surface area contributed by atoms with E-state index in [0.717, 1.165) is 21.9 Å². The quantitative estimate of drug-likeness (QED) is 0.663. The average molecular weight is 315 g/mol. The molecular weight excluding hydrogens is 298 g/mol. The van der Waals surface area contributed by atoms with Crippen LogP contribution in [0.25, 0.3) is 0 Å². The van der Waals surface area contributed by atoms with Crippen molar-refractivity contribution in [3.8, 4) is 0 Å². The van der Waals surface area contributed by atoms with Crippen LogP contribution in [0, 0.1) is 6.92 Å². The van der Waals surface area contributed by atoms with Crippen LogP contribution < -0.4 is 10.6 Å². The van der Waals surface area contributed by atoms with Crippen molar-refractivity contribution in [3.05, 3.63) is 20.7 Å². The molecule has 0 fully saturated rings. The Bertz CT molecular complexity index is 576. The molecule has 0 aromatic carbocycles. The molecule has 8 nitrogen and oxygen atoms in total. The van der Waals surface area contributed by atoms with Crippen molar-refractivity contribution in [2.45, 2.75) is 26.3 Å². The summed E-state index contributed by atoms with van der Waals surface area (Å²) >= 11 is 1.09. The number of primary amides is 1. The number of thiazole rings is 1. The minimum atomic E-state index is -1.21. The van der Waals surface area contributed by atoms with Crippen molar-refractivity contribution >= 4 is 29.1 Å². The van der Waals surface area contributed by atoms with Gasteiger partial charge in [0.05, 0.1) is 6.54 Å². The number of carbonyl (C=O) groups is 3. The number of aryl methyl sites for hydroxylation is 1. The molecule has 9 heteroatoms. The summed E-state index contributed by atoms with van der Waals surface area (Å²) < 4.78 is 1.55. The zero-order valence-electron chi connectivity index (χ0n) is 11.6. The van der Waals surface area contributed by atoms with Crippen molar-refractivity contribution < 1.29 is 19.5 Å². The maximum absolute atomic E-state index is 11.9. The predicted molar refractivity (Wildman–Crippen MR) is 76.0 cm³/mol. The fourth-order valence-corrected chi connectivity index (χ4v) is 2.57. The largest absolute Gasteiger partial charge is 0.480 e. The van der Waals surface area contributed by atoms with Crippen molar-refractivity contribution in [2.24, 2.45) is 5.73 Å². The highest BCUT2D eigenvalue weighted by Gasteiger charge is 2.18. The highest BCUT2D eigenvalue weighted by atomic mass is 32.1. The monoisotopic (exact) mass is 315 g/mol. The molecule has 0 aliphatic heterocycles. The van der Waals surface area contributed by atoms with E-state index in [9.17, 15) is 19.2 Å². The molecule has 2 amide bonds. The van der Waals surface area contributed by atoms with E-state index >= 15 is 0 Å². The lowest BCUT2D eigenvalue weighted by Crippen LogP contribution is -2.41. The molecule has 0 radical (unpaired) electrons. The molecule has 0 saturated heterocycles. The van der Waals surface area contributed by atoms with Gasteiger partial charge in [0, 0.05) is 24.0 Å². The van der Waals surface area contributed by atoms with E-state index in [1.54, 1.807) is 16.9 Å². The molecule has 116 valence electrons. The first-order valence-electron chi connectivity index (χ1n) is 6.24. The van der Waals surface area contributed by atoms with E-state index in [1.165, 1.54) is 0 Å². The van der Waals surface area contributed by atoms with Gasteiger partial charge < -0.3 is 20.3 Å². The van der Waals surface area contributed by atoms with Crippen molar-refractivity contribution in [2.75, 3.05) is 13.1 Å². The zero-order chi connectivity index (χ0) is 16.0. The number of aromatic nitrogens is 1. The summed E-state index contributed by atoms with van der Waals surface area (Å²) in [6.07, 6.45) is 0.424. The van der Waals surface area contributed by atoms with Gasteiger partial charge in [0.15, 0.2) is 0 Å². The maximum atomic E-state index is 11.9. The topological polar surface area (TPSA) is 123 Å². The summed E-state index contributed by atoms with van der Waals surface area (Å²) in [6, 6.07) is 0. The SMILES string of the molecule is Cc1csc(=O)n1CCCC(=O)N(CC(N)=O)CC(=O)O. The van der Waals surface area contributed by atoms with Gasteiger partial charge in [-0.1, -0.05) is 11.3 Å². The molecular formula is C12H17N3O5S. The molecule has 1 rings (SSSR count). The summed E-state index contributed by atoms with van der Waals surface area (Å²) in [4.78, 5) is 45.7. The lowest BCUT2D eigenvalue weighted by atomic mass is 10.2. The van der Waals surface area contributed by atoms with E-state index in [2.05, 4.69) is 0 Å². The Kier molecular flexibility index (Phi) is 6.10. The molecule has 3 N–H and O–H groups in total. The molecule has 0 saturated carbocycles. The highest BCUT2D eigenvalue weighted by Crippen LogP contribution is 2.04. The standard InChI is InChI=1S/C12H17N3O5S/c1-8-7-21-12(20)15(8)4-2-3-10(17)14(5-9(13)16)6-11(18)19/h7H,2-6H2,1H3,(H2,13,16)(H,18,19). The third kappa shape index (κ3) is 5.38. The van der Waals surface area contributed by atoms with Crippen LogP contribution in [0.3, 0.4) is 0 Å². The van der Waals surface area contributed by atoms with Crippen molar-refractivity contribution in [1.29, 1.82) is 0 Å². The fraction of sp³-hybridized carbons (Fsp3) is 0.500. The van der Waals surface area contributed by atoms with E-state index in [-0.39, 0.29) is 11.3 Å². The van der Waals surface area contributed by atoms with Crippen LogP contribution in [0.2, 0.25) is 0 Å². The highest BCUT2D eigenvalue weighted by molar-refractivity contribution is 7.07. The first-order chi connectivity index (χ1) is 9.81. The third-order valence-electron chi connectivity index (χ3n) is 2.77. The Hall–Kier alpha value is -2.16. The average Bonchev–Trinajstić information content (AvgIpc) is 2.68. The van der Waals surface area contributed by atoms with E-state index < -0.39 is 30.9 Å². The van der Waals surface area contributed by atoms with Crippen LogP contribution in [0.1, 0.15) is 18.5 Å². The molecule has 0 atom stereocenters. The second-order valence-electron chi connectivity index (χ2n) is 4.51. The molecule has 1 aromatic rings. The van der Waals surface area contributed by atoms with Crippen molar-refractivity contribution in [3.63, 3.8) is 0 Å². The lowest BCUT2D eigenvalue weighted by Gasteiger charge is -2.18. The molecule has 0 bridgehead atoms. The molecule has 21 heavy (non-hydrogen) atoms. The van der Waals surface area contributed by atoms with Gasteiger partial charge in [-0.25, -0.2) is 0 Å². The first kappa shape index (κ1) is 16.9. The first-order valence-corrected chi connectivity index (χ1v) is 7.12. The number of aliphatic carboxylic acids is 1. The molecule has 0 spiro atoms. The van der Waals surface area contributed by atoms with Crippen LogP contribution in [0.5, 0.6) is 0 Å². The molecule has 0 unspecified atom stereocenters. The minimum Gasteiger partial charge on any atom is -0.480 e. The Balaban J connectivity index is 2.55. The van der Waals surface area contributed by atoms with Gasteiger partial charge in [-0.2, -0.15) is 0 Å². The third-order valence-corrected chi connectivity index (χ3v) is 3.66. The number of nitrogens with two attached hydrogens (primary N) is 1. The number of hydrogen-bond acceptors (Lipinski definition) is 5. The molecule has 0 aliphatic rings. The Morgan fingerprint density at radius 2 is 2.05 bits per heavy atom. The van der Waals surface area contributed by atoms with Crippen molar-refractivity contribution in [1.82, 2.24) is 9.47 Å². The zero-order valence-corrected chi connectivity index (χ0v) is 12.4. The second-order valence-corrected chi connectivity index (χ2v) is 5.33. The van der Waals surface area contributed by atoms with Gasteiger partial charge >= 0.3 is 10.8 Å². The maximum Gasteiger partial charge on any atom is 0.323 e. The van der Waals surface area contributed by atoms with Gasteiger partial charge in [-0.3, -0.25) is 19.2 Å². The Morgan fingerprint density at radius 3 is 2.52 bits per heavy atom. The van der Waals surface area contributed by atoms with Gasteiger partial charge in [0.2, 0.25) is 11.8 Å². The Morgan fingerprint density at radius 1 is 1.38 bits per heavy atom. The summed E-state index contributed by atoms with van der Waals surface area (Å²) in [5, 5.41) is 10.4. The van der Waals surface area contributed by atoms with Crippen LogP contribution in [-0.4, -0.2) is 45.4 Å².